The van der Waals surface area contributed by atoms with E-state index in [4.69, 9.17) is 5.73 Å². The third-order valence-electron chi connectivity index (χ3n) is 1.06. The predicted octanol–water partition coefficient (Wildman–Crippen LogP) is 1.88. The van der Waals surface area contributed by atoms with E-state index in [0.29, 0.717) is 0 Å². The quantitative estimate of drug-likeness (QED) is 0.733. The molecule has 0 aliphatic carbocycles. The van der Waals surface area contributed by atoms with Crippen LogP contribution in [0.4, 0.5) is 0 Å². The summed E-state index contributed by atoms with van der Waals surface area (Å²) in [5.41, 5.74) is 5.08. The average molecular weight is 182 g/mol. The maximum atomic E-state index is 5.08. The first kappa shape index (κ1) is 14.7. The second-order valence-corrected chi connectivity index (χ2v) is 2.05. The molecule has 0 spiro atoms. The number of nitrogens with one attached hydrogen (secondary N) is 1. The van der Waals surface area contributed by atoms with Crippen LogP contribution < -0.4 is 11.1 Å². The number of benzene rings is 1. The molecule has 2 nitrogen and oxygen atoms in total. The third-order valence-corrected chi connectivity index (χ3v) is 1.06. The van der Waals surface area contributed by atoms with Gasteiger partial charge in [-0.15, -0.1) is 0 Å². The highest BCUT2D eigenvalue weighted by molar-refractivity contribution is 4.99. The highest BCUT2D eigenvalue weighted by Gasteiger charge is 1.64. The number of nitrogens with two attached hydrogens (primary N) is 1. The molecule has 0 unspecified atom stereocenters. The zero-order valence-electron chi connectivity index (χ0n) is 8.96. The fraction of sp³-hybridized carbons (Fsp3) is 0.455. The molecule has 3 N–H and O–H groups in total. The van der Waals surface area contributed by atoms with Gasteiger partial charge in [-0.25, -0.2) is 0 Å². The van der Waals surface area contributed by atoms with Crippen molar-refractivity contribution >= 4 is 0 Å². The lowest BCUT2D eigenvalue weighted by atomic mass is 10.4. The van der Waals surface area contributed by atoms with E-state index >= 15 is 0 Å². The summed E-state index contributed by atoms with van der Waals surface area (Å²) < 4.78 is 0. The first-order valence-electron chi connectivity index (χ1n) is 4.76. The second kappa shape index (κ2) is 17.3. The van der Waals surface area contributed by atoms with E-state index < -0.39 is 0 Å². The summed E-state index contributed by atoms with van der Waals surface area (Å²) in [4.78, 5) is 0. The van der Waals surface area contributed by atoms with Gasteiger partial charge < -0.3 is 11.1 Å². The third kappa shape index (κ3) is 18.3. The molecule has 1 rings (SSSR count). The molecule has 1 aromatic rings. The van der Waals surface area contributed by atoms with Gasteiger partial charge in [0.2, 0.25) is 0 Å². The molecule has 0 saturated carbocycles. The van der Waals surface area contributed by atoms with Crippen LogP contribution in [0.5, 0.6) is 0 Å². The Morgan fingerprint density at radius 2 is 1.23 bits per heavy atom. The zero-order valence-corrected chi connectivity index (χ0v) is 8.96. The van der Waals surface area contributed by atoms with Crippen LogP contribution in [0, 0.1) is 0 Å². The van der Waals surface area contributed by atoms with Crippen molar-refractivity contribution in [2.45, 2.75) is 13.8 Å². The number of hydrogen-bond donors (Lipinski definition) is 2. The van der Waals surface area contributed by atoms with Crippen molar-refractivity contribution < 1.29 is 0 Å². The smallest absolute Gasteiger partial charge is 0.00714 e. The van der Waals surface area contributed by atoms with Gasteiger partial charge in [-0.05, 0) is 7.05 Å². The SMILES string of the molecule is CC.CNCCN.c1ccccc1. The van der Waals surface area contributed by atoms with Crippen LogP contribution in [-0.2, 0) is 0 Å². The fourth-order valence-electron chi connectivity index (χ4n) is 0.529. The Morgan fingerprint density at radius 1 is 0.923 bits per heavy atom. The molecule has 0 aliphatic heterocycles. The van der Waals surface area contributed by atoms with Crippen LogP contribution in [0.3, 0.4) is 0 Å². The largest absolute Gasteiger partial charge is 0.329 e. The maximum Gasteiger partial charge on any atom is 0.00714 e. The van der Waals surface area contributed by atoms with Gasteiger partial charge in [0.25, 0.3) is 0 Å². The van der Waals surface area contributed by atoms with Gasteiger partial charge in [0.05, 0.1) is 0 Å². The van der Waals surface area contributed by atoms with Crippen LogP contribution in [-0.4, -0.2) is 20.1 Å². The summed E-state index contributed by atoms with van der Waals surface area (Å²) >= 11 is 0. The molecular formula is C11H22N2. The Morgan fingerprint density at radius 3 is 1.31 bits per heavy atom. The molecule has 2 heteroatoms. The Kier molecular flexibility index (Phi) is 19.5. The van der Waals surface area contributed by atoms with E-state index in [0.717, 1.165) is 13.1 Å². The Bertz CT molecular complexity index is 111. The molecule has 0 aliphatic rings. The topological polar surface area (TPSA) is 38.0 Å². The van der Waals surface area contributed by atoms with Crippen molar-refractivity contribution in [3.8, 4) is 0 Å². The maximum absolute atomic E-state index is 5.08. The molecule has 1 aromatic carbocycles. The van der Waals surface area contributed by atoms with E-state index in [1.807, 2.05) is 57.3 Å². The van der Waals surface area contributed by atoms with Crippen molar-refractivity contribution in [1.29, 1.82) is 0 Å². The van der Waals surface area contributed by atoms with E-state index in [-0.39, 0.29) is 0 Å². The molecule has 0 radical (unpaired) electrons. The van der Waals surface area contributed by atoms with Gasteiger partial charge >= 0.3 is 0 Å². The van der Waals surface area contributed by atoms with Gasteiger partial charge in [-0.2, -0.15) is 0 Å². The first-order chi connectivity index (χ1) is 6.41. The van der Waals surface area contributed by atoms with Crippen LogP contribution in [0.25, 0.3) is 0 Å². The van der Waals surface area contributed by atoms with Gasteiger partial charge in [-0.3, -0.25) is 0 Å². The van der Waals surface area contributed by atoms with E-state index in [1.54, 1.807) is 0 Å². The van der Waals surface area contributed by atoms with Gasteiger partial charge in [0.15, 0.2) is 0 Å². The predicted molar refractivity (Wildman–Crippen MR) is 60.8 cm³/mol. The minimum atomic E-state index is 0.733. The van der Waals surface area contributed by atoms with E-state index in [9.17, 15) is 0 Å². The molecule has 0 bridgehead atoms. The number of likely N-dealkylation sites (N-methyl/N-ethyl adjacent to an activating group) is 1. The zero-order chi connectivity index (χ0) is 10.4. The molecule has 0 atom stereocenters. The highest BCUT2D eigenvalue weighted by Crippen LogP contribution is 1.79. The fourth-order valence-corrected chi connectivity index (χ4v) is 0.529. The molecule has 0 heterocycles. The molecular weight excluding hydrogens is 160 g/mol. The van der Waals surface area contributed by atoms with Crippen molar-refractivity contribution in [2.75, 3.05) is 20.1 Å². The number of rotatable bonds is 2. The van der Waals surface area contributed by atoms with E-state index in [2.05, 4.69) is 5.32 Å². The Hall–Kier alpha value is -0.860. The van der Waals surface area contributed by atoms with Crippen molar-refractivity contribution in [1.82, 2.24) is 5.32 Å². The average Bonchev–Trinajstić information content (AvgIpc) is 2.25. The molecule has 76 valence electrons. The van der Waals surface area contributed by atoms with E-state index in [1.165, 1.54) is 0 Å². The van der Waals surface area contributed by atoms with Crippen LogP contribution >= 0.6 is 0 Å². The standard InChI is InChI=1S/C6H6.C3H10N2.C2H6/c1-2-4-6-5-3-1;1-5-3-2-4;1-2/h1-6H;5H,2-4H2,1H3;1-2H3. The molecule has 0 aromatic heterocycles. The summed E-state index contributed by atoms with van der Waals surface area (Å²) in [5, 5.41) is 2.89. The summed E-state index contributed by atoms with van der Waals surface area (Å²) in [6.45, 7) is 5.65. The molecule has 0 amide bonds. The highest BCUT2D eigenvalue weighted by atomic mass is 14.8. The summed E-state index contributed by atoms with van der Waals surface area (Å²) in [6, 6.07) is 12.0. The Labute approximate surface area is 82.2 Å². The monoisotopic (exact) mass is 182 g/mol. The van der Waals surface area contributed by atoms with Crippen molar-refractivity contribution in [3.05, 3.63) is 36.4 Å². The van der Waals surface area contributed by atoms with Gasteiger partial charge in [0.1, 0.15) is 0 Å². The number of hydrogen-bond acceptors (Lipinski definition) is 2. The lowest BCUT2D eigenvalue weighted by molar-refractivity contribution is 0.802. The lowest BCUT2D eigenvalue weighted by Gasteiger charge is -1.85. The normalized spacial score (nSPS) is 7.38. The lowest BCUT2D eigenvalue weighted by Crippen LogP contribution is -2.17. The van der Waals surface area contributed by atoms with Crippen LogP contribution in [0.15, 0.2) is 36.4 Å². The van der Waals surface area contributed by atoms with Crippen molar-refractivity contribution in [3.63, 3.8) is 0 Å². The first-order valence-corrected chi connectivity index (χ1v) is 4.76. The molecule has 13 heavy (non-hydrogen) atoms. The van der Waals surface area contributed by atoms with Crippen LogP contribution in [0.1, 0.15) is 13.8 Å². The summed E-state index contributed by atoms with van der Waals surface area (Å²) in [5.74, 6) is 0. The second-order valence-electron chi connectivity index (χ2n) is 2.05. The Balaban J connectivity index is 0. The summed E-state index contributed by atoms with van der Waals surface area (Å²) in [6.07, 6.45) is 0. The van der Waals surface area contributed by atoms with Crippen LogP contribution in [0.2, 0.25) is 0 Å². The van der Waals surface area contributed by atoms with Crippen molar-refractivity contribution in [2.24, 2.45) is 5.73 Å². The van der Waals surface area contributed by atoms with Gasteiger partial charge in [-0.1, -0.05) is 50.2 Å². The minimum absolute atomic E-state index is 0.733. The summed E-state index contributed by atoms with van der Waals surface area (Å²) in [7, 11) is 1.88. The van der Waals surface area contributed by atoms with Gasteiger partial charge in [0, 0.05) is 13.1 Å². The molecule has 0 fully saturated rings. The minimum Gasteiger partial charge on any atom is -0.329 e. The molecule has 0 saturated heterocycles.